The summed E-state index contributed by atoms with van der Waals surface area (Å²) in [5, 5.41) is 10.3. The molecule has 1 aliphatic heterocycles. The third kappa shape index (κ3) is 4.79. The maximum Gasteiger partial charge on any atom is 0.234 e. The van der Waals surface area contributed by atoms with Crippen molar-refractivity contribution in [3.05, 3.63) is 72.1 Å². The minimum Gasteiger partial charge on any atom is -0.366 e. The second kappa shape index (κ2) is 9.91. The monoisotopic (exact) mass is 403 g/mol. The molecular formula is C22H25N7O. The molecule has 0 saturated carbocycles. The van der Waals surface area contributed by atoms with E-state index in [1.807, 2.05) is 53.4 Å². The summed E-state index contributed by atoms with van der Waals surface area (Å²) in [4.78, 5) is 27.0. The summed E-state index contributed by atoms with van der Waals surface area (Å²) in [6.45, 7) is 3.10. The lowest BCUT2D eigenvalue weighted by molar-refractivity contribution is -0.107. The summed E-state index contributed by atoms with van der Waals surface area (Å²) in [6.07, 6.45) is 4.57. The Bertz CT molecular complexity index is 946. The molecule has 0 aliphatic carbocycles. The predicted molar refractivity (Wildman–Crippen MR) is 117 cm³/mol. The summed E-state index contributed by atoms with van der Waals surface area (Å²) in [6, 6.07) is 15.9. The molecule has 154 valence electrons. The van der Waals surface area contributed by atoms with Gasteiger partial charge < -0.3 is 15.4 Å². The number of aromatic nitrogens is 3. The van der Waals surface area contributed by atoms with Crippen LogP contribution in [0.3, 0.4) is 0 Å². The van der Waals surface area contributed by atoms with E-state index < -0.39 is 0 Å². The number of nitrogens with one attached hydrogen (secondary N) is 3. The second-order valence-corrected chi connectivity index (χ2v) is 6.99. The van der Waals surface area contributed by atoms with Gasteiger partial charge in [-0.15, -0.1) is 0 Å². The van der Waals surface area contributed by atoms with E-state index in [-0.39, 0.29) is 12.6 Å². The quantitative estimate of drug-likeness (QED) is 0.491. The number of nitrogens with zero attached hydrogens (tertiary/aromatic N) is 4. The van der Waals surface area contributed by atoms with Crippen LogP contribution < -0.4 is 20.9 Å². The van der Waals surface area contributed by atoms with Crippen molar-refractivity contribution in [3.8, 4) is 0 Å². The van der Waals surface area contributed by atoms with Crippen molar-refractivity contribution in [2.24, 2.45) is 0 Å². The SMILES string of the molecule is O=CCc1cnc(N(c2ccccn2)C2CNCCN2)nc1NCc1ccccc1. The first-order chi connectivity index (χ1) is 14.8. The molecule has 1 aliphatic rings. The largest absolute Gasteiger partial charge is 0.366 e. The second-order valence-electron chi connectivity index (χ2n) is 6.99. The zero-order valence-corrected chi connectivity index (χ0v) is 16.7. The van der Waals surface area contributed by atoms with Crippen LogP contribution in [0.15, 0.2) is 60.9 Å². The van der Waals surface area contributed by atoms with Gasteiger partial charge in [0.2, 0.25) is 5.95 Å². The highest BCUT2D eigenvalue weighted by Gasteiger charge is 2.26. The Hall–Kier alpha value is -3.36. The number of anilines is 3. The number of piperazine rings is 1. The fourth-order valence-corrected chi connectivity index (χ4v) is 3.41. The lowest BCUT2D eigenvalue weighted by Gasteiger charge is -2.34. The standard InChI is InChI=1S/C22H25N7O/c30-13-9-18-15-27-22(28-21(18)26-14-17-6-2-1-3-7-17)29(19-8-4-5-10-24-19)20-16-23-11-12-25-20/h1-8,10,13,15,20,23,25H,9,11-12,14,16H2,(H,26,27,28). The Labute approximate surface area is 175 Å². The number of pyridine rings is 1. The van der Waals surface area contributed by atoms with E-state index in [4.69, 9.17) is 4.98 Å². The first-order valence-electron chi connectivity index (χ1n) is 10.1. The first-order valence-corrected chi connectivity index (χ1v) is 10.1. The third-order valence-corrected chi connectivity index (χ3v) is 4.90. The van der Waals surface area contributed by atoms with E-state index in [1.165, 1.54) is 0 Å². The van der Waals surface area contributed by atoms with E-state index in [1.54, 1.807) is 12.4 Å². The molecule has 0 bridgehead atoms. The molecule has 1 fully saturated rings. The van der Waals surface area contributed by atoms with Gasteiger partial charge in [0.25, 0.3) is 0 Å². The zero-order chi connectivity index (χ0) is 20.6. The highest BCUT2D eigenvalue weighted by atomic mass is 16.1. The number of benzene rings is 1. The number of rotatable bonds is 8. The Kier molecular flexibility index (Phi) is 6.58. The molecule has 1 saturated heterocycles. The van der Waals surface area contributed by atoms with Crippen LogP contribution in [-0.2, 0) is 17.8 Å². The molecule has 0 amide bonds. The summed E-state index contributed by atoms with van der Waals surface area (Å²) >= 11 is 0. The number of carbonyl (C=O) groups excluding carboxylic acids is 1. The highest BCUT2D eigenvalue weighted by molar-refractivity contribution is 5.62. The van der Waals surface area contributed by atoms with Gasteiger partial charge in [-0.2, -0.15) is 4.98 Å². The summed E-state index contributed by atoms with van der Waals surface area (Å²) < 4.78 is 0. The van der Waals surface area contributed by atoms with Gasteiger partial charge in [-0.25, -0.2) is 9.97 Å². The maximum atomic E-state index is 11.2. The molecule has 1 atom stereocenters. The smallest absolute Gasteiger partial charge is 0.234 e. The number of hydrogen-bond donors (Lipinski definition) is 3. The summed E-state index contributed by atoms with van der Waals surface area (Å²) in [7, 11) is 0. The molecule has 1 unspecified atom stereocenters. The third-order valence-electron chi connectivity index (χ3n) is 4.90. The van der Waals surface area contributed by atoms with Crippen LogP contribution in [0.2, 0.25) is 0 Å². The van der Waals surface area contributed by atoms with E-state index >= 15 is 0 Å². The van der Waals surface area contributed by atoms with Crippen molar-refractivity contribution in [3.63, 3.8) is 0 Å². The highest BCUT2D eigenvalue weighted by Crippen LogP contribution is 2.25. The number of aldehydes is 1. The van der Waals surface area contributed by atoms with Gasteiger partial charge in [0.05, 0.1) is 0 Å². The molecule has 4 rings (SSSR count). The minimum absolute atomic E-state index is 0.0347. The fourth-order valence-electron chi connectivity index (χ4n) is 3.41. The van der Waals surface area contributed by atoms with Gasteiger partial charge in [-0.05, 0) is 17.7 Å². The molecule has 0 spiro atoms. The molecule has 30 heavy (non-hydrogen) atoms. The molecule has 0 radical (unpaired) electrons. The van der Waals surface area contributed by atoms with E-state index in [2.05, 4.69) is 25.9 Å². The molecular weight excluding hydrogens is 378 g/mol. The molecule has 3 aromatic rings. The number of hydrogen-bond acceptors (Lipinski definition) is 8. The van der Waals surface area contributed by atoms with Crippen molar-refractivity contribution < 1.29 is 4.79 Å². The molecule has 8 heteroatoms. The average Bonchev–Trinajstić information content (AvgIpc) is 2.81. The van der Waals surface area contributed by atoms with Crippen LogP contribution in [0.5, 0.6) is 0 Å². The lowest BCUT2D eigenvalue weighted by atomic mass is 10.2. The Morgan fingerprint density at radius 3 is 2.70 bits per heavy atom. The van der Waals surface area contributed by atoms with Gasteiger partial charge >= 0.3 is 0 Å². The Morgan fingerprint density at radius 2 is 1.97 bits per heavy atom. The Balaban J connectivity index is 1.67. The first kappa shape index (κ1) is 19.9. The van der Waals surface area contributed by atoms with Crippen LogP contribution in [0.25, 0.3) is 0 Å². The minimum atomic E-state index is -0.0347. The topological polar surface area (TPSA) is 95.1 Å². The summed E-state index contributed by atoms with van der Waals surface area (Å²) in [5.41, 5.74) is 1.90. The van der Waals surface area contributed by atoms with Crippen molar-refractivity contribution >= 4 is 23.9 Å². The van der Waals surface area contributed by atoms with E-state index in [0.717, 1.165) is 42.9 Å². The molecule has 8 nitrogen and oxygen atoms in total. The van der Waals surface area contributed by atoms with Crippen molar-refractivity contribution in [2.45, 2.75) is 19.1 Å². The molecule has 3 heterocycles. The van der Waals surface area contributed by atoms with E-state index in [9.17, 15) is 4.79 Å². The zero-order valence-electron chi connectivity index (χ0n) is 16.7. The number of carbonyl (C=O) groups is 1. The van der Waals surface area contributed by atoms with Crippen LogP contribution in [0.1, 0.15) is 11.1 Å². The Morgan fingerprint density at radius 1 is 1.10 bits per heavy atom. The van der Waals surface area contributed by atoms with Crippen LogP contribution in [0, 0.1) is 0 Å². The average molecular weight is 403 g/mol. The van der Waals surface area contributed by atoms with Crippen LogP contribution in [0.4, 0.5) is 17.6 Å². The fraction of sp³-hybridized carbons (Fsp3) is 0.273. The van der Waals surface area contributed by atoms with Crippen molar-refractivity contribution in [1.82, 2.24) is 25.6 Å². The van der Waals surface area contributed by atoms with Gasteiger partial charge in [0.1, 0.15) is 24.1 Å². The van der Waals surface area contributed by atoms with Crippen molar-refractivity contribution in [1.29, 1.82) is 0 Å². The van der Waals surface area contributed by atoms with Gasteiger partial charge in [0, 0.05) is 50.6 Å². The predicted octanol–water partition coefficient (Wildman–Crippen LogP) is 1.88. The van der Waals surface area contributed by atoms with Gasteiger partial charge in [-0.3, -0.25) is 10.2 Å². The van der Waals surface area contributed by atoms with Crippen LogP contribution in [-0.4, -0.2) is 47.0 Å². The van der Waals surface area contributed by atoms with Crippen molar-refractivity contribution in [2.75, 3.05) is 29.9 Å². The molecule has 1 aromatic carbocycles. The maximum absolute atomic E-state index is 11.2. The normalized spacial score (nSPS) is 16.1. The van der Waals surface area contributed by atoms with Gasteiger partial charge in [-0.1, -0.05) is 36.4 Å². The molecule has 3 N–H and O–H groups in total. The lowest BCUT2D eigenvalue weighted by Crippen LogP contribution is -2.56. The van der Waals surface area contributed by atoms with Crippen LogP contribution >= 0.6 is 0 Å². The molecule has 2 aromatic heterocycles. The summed E-state index contributed by atoms with van der Waals surface area (Å²) in [5.74, 6) is 1.94. The van der Waals surface area contributed by atoms with E-state index in [0.29, 0.717) is 18.3 Å². The van der Waals surface area contributed by atoms with Gasteiger partial charge in [0.15, 0.2) is 0 Å².